The van der Waals surface area contributed by atoms with Crippen LogP contribution in [-0.2, 0) is 14.3 Å². The molecule has 1 heterocycles. The van der Waals surface area contributed by atoms with E-state index in [1.54, 1.807) is 0 Å². The van der Waals surface area contributed by atoms with Crippen molar-refractivity contribution in [3.8, 4) is 0 Å². The summed E-state index contributed by atoms with van der Waals surface area (Å²) < 4.78 is 5.84. The molecule has 1 spiro atoms. The van der Waals surface area contributed by atoms with Gasteiger partial charge >= 0.3 is 0 Å². The zero-order chi connectivity index (χ0) is 14.4. The Morgan fingerprint density at radius 2 is 2.10 bits per heavy atom. The fraction of sp³-hybridized carbons (Fsp3) is 0.529. The smallest absolute Gasteiger partial charge is 0.220 e. The number of aliphatic hydroxyl groups is 1. The molecule has 0 saturated heterocycles. The third-order valence-corrected chi connectivity index (χ3v) is 6.18. The van der Waals surface area contributed by atoms with Crippen molar-refractivity contribution in [2.45, 2.75) is 43.8 Å². The number of hydrogen-bond donors (Lipinski definition) is 1. The van der Waals surface area contributed by atoms with Gasteiger partial charge in [0.15, 0.2) is 17.6 Å². The first-order valence-corrected chi connectivity index (χ1v) is 7.69. The standard InChI is InChI=1S/C17H16O4/c18-11-4-3-9-8-10-2-1-6-16-13(9)14(11)21-15(16)12(19)5-7-17(10,16)20/h3-4,8,10,15,20H,1-2,5-7H2/t10-,15?,16?,17-/m1/s1. The predicted octanol–water partition coefficient (Wildman–Crippen LogP) is 1.60. The van der Waals surface area contributed by atoms with E-state index in [9.17, 15) is 14.7 Å². The van der Waals surface area contributed by atoms with Gasteiger partial charge in [-0.05, 0) is 30.9 Å². The second kappa shape index (κ2) is 3.38. The first kappa shape index (κ1) is 11.9. The van der Waals surface area contributed by atoms with Crippen molar-refractivity contribution in [1.29, 1.82) is 0 Å². The second-order valence-electron chi connectivity index (χ2n) is 6.88. The molecule has 0 aromatic carbocycles. The molecular formula is C17H16O4. The second-order valence-corrected chi connectivity index (χ2v) is 6.88. The van der Waals surface area contributed by atoms with Gasteiger partial charge in [0.2, 0.25) is 5.78 Å². The largest absolute Gasteiger partial charge is 0.477 e. The van der Waals surface area contributed by atoms with E-state index in [-0.39, 0.29) is 17.5 Å². The van der Waals surface area contributed by atoms with E-state index >= 15 is 0 Å². The first-order valence-electron chi connectivity index (χ1n) is 7.69. The van der Waals surface area contributed by atoms with Crippen LogP contribution >= 0.6 is 0 Å². The van der Waals surface area contributed by atoms with Gasteiger partial charge in [0.1, 0.15) is 0 Å². The fourth-order valence-electron chi connectivity index (χ4n) is 5.36. The Bertz CT molecular complexity index is 698. The molecule has 4 nitrogen and oxygen atoms in total. The maximum atomic E-state index is 12.4. The summed E-state index contributed by atoms with van der Waals surface area (Å²) >= 11 is 0. The van der Waals surface area contributed by atoms with Crippen molar-refractivity contribution in [2.75, 3.05) is 0 Å². The lowest BCUT2D eigenvalue weighted by Crippen LogP contribution is -2.66. The molecule has 108 valence electrons. The van der Waals surface area contributed by atoms with Crippen LogP contribution < -0.4 is 0 Å². The van der Waals surface area contributed by atoms with Gasteiger partial charge in [-0.15, -0.1) is 0 Å². The summed E-state index contributed by atoms with van der Waals surface area (Å²) in [5.41, 5.74) is 0.170. The van der Waals surface area contributed by atoms with E-state index in [2.05, 4.69) is 6.08 Å². The Morgan fingerprint density at radius 1 is 1.24 bits per heavy atom. The summed E-state index contributed by atoms with van der Waals surface area (Å²) in [6.07, 6.45) is 8.21. The van der Waals surface area contributed by atoms with Crippen molar-refractivity contribution in [3.63, 3.8) is 0 Å². The molecule has 2 saturated carbocycles. The number of ketones is 2. The average molecular weight is 284 g/mol. The topological polar surface area (TPSA) is 63.6 Å². The van der Waals surface area contributed by atoms with E-state index in [0.717, 1.165) is 30.4 Å². The molecule has 5 rings (SSSR count). The molecule has 0 amide bonds. The summed E-state index contributed by atoms with van der Waals surface area (Å²) in [4.78, 5) is 24.6. The van der Waals surface area contributed by atoms with E-state index in [1.165, 1.54) is 6.08 Å². The van der Waals surface area contributed by atoms with Gasteiger partial charge in [-0.25, -0.2) is 0 Å². The normalized spacial score (nSPS) is 46.2. The number of ether oxygens (including phenoxy) is 1. The minimum absolute atomic E-state index is 0.0313. The Morgan fingerprint density at radius 3 is 2.95 bits per heavy atom. The monoisotopic (exact) mass is 284 g/mol. The van der Waals surface area contributed by atoms with Crippen LogP contribution in [-0.4, -0.2) is 28.4 Å². The lowest BCUT2D eigenvalue weighted by molar-refractivity contribution is -0.189. The molecule has 4 aliphatic carbocycles. The molecule has 5 aliphatic rings. The van der Waals surface area contributed by atoms with Crippen LogP contribution in [0.25, 0.3) is 0 Å². The van der Waals surface area contributed by atoms with Crippen molar-refractivity contribution >= 4 is 11.6 Å². The van der Waals surface area contributed by atoms with Gasteiger partial charge in [0.05, 0.1) is 11.0 Å². The first-order chi connectivity index (χ1) is 10.1. The SMILES string of the molecule is O=C1C=CC2=C[C@H]3CCCC45C2=C1OC4C(=O)CC[C@@]35O. The van der Waals surface area contributed by atoms with Gasteiger partial charge in [-0.2, -0.15) is 0 Å². The lowest BCUT2D eigenvalue weighted by atomic mass is 9.45. The van der Waals surface area contributed by atoms with Crippen molar-refractivity contribution in [1.82, 2.24) is 0 Å². The van der Waals surface area contributed by atoms with Crippen LogP contribution in [0.1, 0.15) is 32.1 Å². The molecule has 4 atom stereocenters. The van der Waals surface area contributed by atoms with Crippen LogP contribution in [0.4, 0.5) is 0 Å². The highest BCUT2D eigenvalue weighted by Crippen LogP contribution is 2.67. The van der Waals surface area contributed by atoms with Gasteiger partial charge in [-0.1, -0.05) is 18.6 Å². The number of carbonyl (C=O) groups excluding carboxylic acids is 2. The molecule has 2 bridgehead atoms. The van der Waals surface area contributed by atoms with E-state index < -0.39 is 17.1 Å². The number of carbonyl (C=O) groups is 2. The van der Waals surface area contributed by atoms with Crippen LogP contribution in [0, 0.1) is 11.3 Å². The Hall–Kier alpha value is -1.68. The van der Waals surface area contributed by atoms with E-state index in [4.69, 9.17) is 4.74 Å². The zero-order valence-electron chi connectivity index (χ0n) is 11.6. The Kier molecular flexibility index (Phi) is 1.92. The molecule has 2 unspecified atom stereocenters. The van der Waals surface area contributed by atoms with Gasteiger partial charge in [-0.3, -0.25) is 9.59 Å². The summed E-state index contributed by atoms with van der Waals surface area (Å²) in [5, 5.41) is 11.5. The molecular weight excluding hydrogens is 268 g/mol. The molecule has 21 heavy (non-hydrogen) atoms. The number of hydrogen-bond acceptors (Lipinski definition) is 4. The van der Waals surface area contributed by atoms with E-state index in [0.29, 0.717) is 18.6 Å². The fourth-order valence-corrected chi connectivity index (χ4v) is 5.36. The van der Waals surface area contributed by atoms with E-state index in [1.807, 2.05) is 6.08 Å². The predicted molar refractivity (Wildman–Crippen MR) is 73.1 cm³/mol. The summed E-state index contributed by atoms with van der Waals surface area (Å²) in [7, 11) is 0. The quantitative estimate of drug-likeness (QED) is 0.734. The highest BCUT2D eigenvalue weighted by Gasteiger charge is 2.72. The lowest BCUT2D eigenvalue weighted by Gasteiger charge is -2.59. The number of rotatable bonds is 0. The average Bonchev–Trinajstić information content (AvgIpc) is 2.80. The van der Waals surface area contributed by atoms with Crippen molar-refractivity contribution < 1.29 is 19.4 Å². The third-order valence-electron chi connectivity index (χ3n) is 6.18. The Labute approximate surface area is 122 Å². The minimum atomic E-state index is -0.935. The maximum Gasteiger partial charge on any atom is 0.220 e. The summed E-state index contributed by atoms with van der Waals surface area (Å²) in [5.74, 6) is 0.220. The van der Waals surface area contributed by atoms with Gasteiger partial charge < -0.3 is 9.84 Å². The van der Waals surface area contributed by atoms with Crippen LogP contribution in [0.15, 0.2) is 35.1 Å². The molecule has 0 aromatic rings. The molecule has 1 N–H and O–H groups in total. The number of Topliss-reactive ketones (excluding diaryl/α,β-unsaturated/α-hetero) is 1. The summed E-state index contributed by atoms with van der Waals surface area (Å²) in [6, 6.07) is 0. The van der Waals surface area contributed by atoms with Crippen LogP contribution in [0.2, 0.25) is 0 Å². The molecule has 0 radical (unpaired) electrons. The third kappa shape index (κ3) is 1.08. The van der Waals surface area contributed by atoms with Gasteiger partial charge in [0, 0.05) is 17.9 Å². The van der Waals surface area contributed by atoms with Crippen molar-refractivity contribution in [3.05, 3.63) is 35.1 Å². The highest BCUT2D eigenvalue weighted by molar-refractivity contribution is 6.07. The molecule has 0 aromatic heterocycles. The zero-order valence-corrected chi connectivity index (χ0v) is 11.6. The highest BCUT2D eigenvalue weighted by atomic mass is 16.5. The minimum Gasteiger partial charge on any atom is -0.477 e. The number of allylic oxidation sites excluding steroid dienone is 3. The Balaban J connectivity index is 1.87. The van der Waals surface area contributed by atoms with Crippen LogP contribution in [0.3, 0.4) is 0 Å². The molecule has 4 heteroatoms. The molecule has 2 fully saturated rings. The van der Waals surface area contributed by atoms with Crippen molar-refractivity contribution in [2.24, 2.45) is 11.3 Å². The maximum absolute atomic E-state index is 12.4. The molecule has 1 aliphatic heterocycles. The summed E-state index contributed by atoms with van der Waals surface area (Å²) in [6.45, 7) is 0. The van der Waals surface area contributed by atoms with Gasteiger partial charge in [0.25, 0.3) is 0 Å². The van der Waals surface area contributed by atoms with Crippen LogP contribution in [0.5, 0.6) is 0 Å².